The molecule has 0 saturated heterocycles. The first-order chi connectivity index (χ1) is 17.0. The first kappa shape index (κ1) is 23.8. The van der Waals surface area contributed by atoms with Crippen LogP contribution in [-0.2, 0) is 9.53 Å². The van der Waals surface area contributed by atoms with Crippen LogP contribution in [0.4, 0.5) is 10.2 Å². The van der Waals surface area contributed by atoms with E-state index in [1.165, 1.54) is 30.2 Å². The Morgan fingerprint density at radius 2 is 1.69 bits per heavy atom. The molecule has 1 heterocycles. The van der Waals surface area contributed by atoms with Crippen LogP contribution in [0.2, 0.25) is 0 Å². The highest BCUT2D eigenvalue weighted by molar-refractivity contribution is 5.99. The van der Waals surface area contributed by atoms with Gasteiger partial charge in [-0.2, -0.15) is 5.10 Å². The van der Waals surface area contributed by atoms with Crippen LogP contribution >= 0.6 is 0 Å². The molecule has 8 heteroatoms. The maximum atomic E-state index is 13.7. The molecule has 0 spiro atoms. The number of carbonyl (C=O) groups is 2. The monoisotopic (exact) mass is 472 g/mol. The normalized spacial score (nSPS) is 10.7. The van der Waals surface area contributed by atoms with Crippen molar-refractivity contribution in [3.05, 3.63) is 102 Å². The van der Waals surface area contributed by atoms with Crippen LogP contribution < -0.4 is 5.32 Å². The highest BCUT2D eigenvalue weighted by atomic mass is 19.1. The SMILES string of the molecule is COCCN(CC(=O)Nc1cc(-c2ccccc2)nn1-c1ccccc1)C(=O)c1cccc(F)c1. The zero-order valence-electron chi connectivity index (χ0n) is 19.2. The average Bonchev–Trinajstić information content (AvgIpc) is 3.30. The zero-order chi connectivity index (χ0) is 24.6. The Bertz CT molecular complexity index is 1290. The van der Waals surface area contributed by atoms with Crippen molar-refractivity contribution in [1.29, 1.82) is 0 Å². The predicted octanol–water partition coefficient (Wildman–Crippen LogP) is 4.41. The highest BCUT2D eigenvalue weighted by Gasteiger charge is 2.21. The summed E-state index contributed by atoms with van der Waals surface area (Å²) in [4.78, 5) is 27.4. The molecule has 0 atom stereocenters. The van der Waals surface area contributed by atoms with E-state index in [2.05, 4.69) is 10.4 Å². The largest absolute Gasteiger partial charge is 0.383 e. The fraction of sp³-hybridized carbons (Fsp3) is 0.148. The molecule has 0 aliphatic carbocycles. The Morgan fingerprint density at radius 1 is 0.971 bits per heavy atom. The van der Waals surface area contributed by atoms with Crippen molar-refractivity contribution < 1.29 is 18.7 Å². The van der Waals surface area contributed by atoms with E-state index in [0.717, 1.165) is 17.3 Å². The van der Waals surface area contributed by atoms with E-state index in [1.807, 2.05) is 60.7 Å². The second-order valence-electron chi connectivity index (χ2n) is 7.81. The van der Waals surface area contributed by atoms with Gasteiger partial charge in [-0.3, -0.25) is 9.59 Å². The molecule has 1 N–H and O–H groups in total. The number of carbonyl (C=O) groups excluding carboxylic acids is 2. The number of benzene rings is 3. The highest BCUT2D eigenvalue weighted by Crippen LogP contribution is 2.24. The van der Waals surface area contributed by atoms with Gasteiger partial charge in [0, 0.05) is 30.8 Å². The summed E-state index contributed by atoms with van der Waals surface area (Å²) < 4.78 is 20.4. The number of amides is 2. The van der Waals surface area contributed by atoms with Crippen molar-refractivity contribution >= 4 is 17.6 Å². The lowest BCUT2D eigenvalue weighted by atomic mass is 10.1. The first-order valence-electron chi connectivity index (χ1n) is 11.1. The summed E-state index contributed by atoms with van der Waals surface area (Å²) in [7, 11) is 1.51. The van der Waals surface area contributed by atoms with Gasteiger partial charge in [-0.25, -0.2) is 9.07 Å². The van der Waals surface area contributed by atoms with Gasteiger partial charge in [-0.15, -0.1) is 0 Å². The fourth-order valence-electron chi connectivity index (χ4n) is 3.60. The fourth-order valence-corrected chi connectivity index (χ4v) is 3.60. The number of aromatic nitrogens is 2. The van der Waals surface area contributed by atoms with Gasteiger partial charge in [0.25, 0.3) is 5.91 Å². The van der Waals surface area contributed by atoms with E-state index < -0.39 is 17.6 Å². The van der Waals surface area contributed by atoms with Gasteiger partial charge in [0.2, 0.25) is 5.91 Å². The number of hydrogen-bond acceptors (Lipinski definition) is 4. The van der Waals surface area contributed by atoms with Crippen LogP contribution in [0, 0.1) is 5.82 Å². The molecule has 0 radical (unpaired) electrons. The van der Waals surface area contributed by atoms with Crippen molar-refractivity contribution in [3.63, 3.8) is 0 Å². The number of nitrogens with zero attached hydrogens (tertiary/aromatic N) is 3. The summed E-state index contributed by atoms with van der Waals surface area (Å²) in [5.41, 5.74) is 2.53. The molecule has 35 heavy (non-hydrogen) atoms. The summed E-state index contributed by atoms with van der Waals surface area (Å²) in [5.74, 6) is -0.932. The Morgan fingerprint density at radius 3 is 2.37 bits per heavy atom. The summed E-state index contributed by atoms with van der Waals surface area (Å²) in [6.45, 7) is 0.167. The number of rotatable bonds is 9. The average molecular weight is 473 g/mol. The summed E-state index contributed by atoms with van der Waals surface area (Å²) in [5, 5.41) is 7.56. The number of para-hydroxylation sites is 1. The number of hydrogen-bond donors (Lipinski definition) is 1. The van der Waals surface area contributed by atoms with E-state index in [-0.39, 0.29) is 25.3 Å². The minimum atomic E-state index is -0.521. The van der Waals surface area contributed by atoms with Crippen LogP contribution in [0.5, 0.6) is 0 Å². The van der Waals surface area contributed by atoms with Crippen molar-refractivity contribution in [2.45, 2.75) is 0 Å². The van der Waals surface area contributed by atoms with E-state index in [9.17, 15) is 14.0 Å². The zero-order valence-corrected chi connectivity index (χ0v) is 19.2. The molecular weight excluding hydrogens is 447 g/mol. The molecular formula is C27H25FN4O3. The molecule has 178 valence electrons. The summed E-state index contributed by atoms with van der Waals surface area (Å²) in [6, 6.07) is 26.2. The molecule has 0 saturated carbocycles. The van der Waals surface area contributed by atoms with Gasteiger partial charge >= 0.3 is 0 Å². The van der Waals surface area contributed by atoms with Gasteiger partial charge < -0.3 is 15.0 Å². The van der Waals surface area contributed by atoms with E-state index >= 15 is 0 Å². The minimum Gasteiger partial charge on any atom is -0.383 e. The molecule has 4 aromatic rings. The molecule has 3 aromatic carbocycles. The lowest BCUT2D eigenvalue weighted by Crippen LogP contribution is -2.40. The van der Waals surface area contributed by atoms with Gasteiger partial charge in [0.1, 0.15) is 18.2 Å². The molecule has 0 unspecified atom stereocenters. The molecule has 2 amide bonds. The molecule has 7 nitrogen and oxygen atoms in total. The van der Waals surface area contributed by atoms with E-state index in [4.69, 9.17) is 4.74 Å². The third kappa shape index (κ3) is 5.99. The molecule has 0 bridgehead atoms. The number of methoxy groups -OCH3 is 1. The molecule has 4 rings (SSSR count). The predicted molar refractivity (Wildman–Crippen MR) is 132 cm³/mol. The van der Waals surface area contributed by atoms with Gasteiger partial charge in [0.05, 0.1) is 18.0 Å². The summed E-state index contributed by atoms with van der Waals surface area (Å²) in [6.07, 6.45) is 0. The number of ether oxygens (including phenoxy) is 1. The van der Waals surface area contributed by atoms with Crippen molar-refractivity contribution in [3.8, 4) is 16.9 Å². The number of halogens is 1. The van der Waals surface area contributed by atoms with E-state index in [0.29, 0.717) is 11.5 Å². The lowest BCUT2D eigenvalue weighted by Gasteiger charge is -2.22. The van der Waals surface area contributed by atoms with Gasteiger partial charge in [-0.1, -0.05) is 54.6 Å². The smallest absolute Gasteiger partial charge is 0.254 e. The quantitative estimate of drug-likeness (QED) is 0.392. The number of anilines is 1. The Labute approximate surface area is 202 Å². The number of nitrogens with one attached hydrogen (secondary N) is 1. The molecule has 0 fully saturated rings. The van der Waals surface area contributed by atoms with Crippen LogP contribution in [0.1, 0.15) is 10.4 Å². The van der Waals surface area contributed by atoms with Gasteiger partial charge in [0.15, 0.2) is 0 Å². The lowest BCUT2D eigenvalue weighted by molar-refractivity contribution is -0.117. The van der Waals surface area contributed by atoms with E-state index in [1.54, 1.807) is 10.7 Å². The van der Waals surface area contributed by atoms with Crippen LogP contribution in [0.25, 0.3) is 16.9 Å². The maximum absolute atomic E-state index is 13.7. The first-order valence-corrected chi connectivity index (χ1v) is 11.1. The molecule has 0 aliphatic heterocycles. The van der Waals surface area contributed by atoms with Crippen LogP contribution in [-0.4, -0.2) is 53.3 Å². The minimum absolute atomic E-state index is 0.162. The second kappa shape index (κ2) is 11.2. The van der Waals surface area contributed by atoms with Crippen molar-refractivity contribution in [2.75, 3.05) is 32.1 Å². The molecule has 0 aliphatic rings. The molecule has 1 aromatic heterocycles. The third-order valence-corrected chi connectivity index (χ3v) is 5.31. The Balaban J connectivity index is 1.58. The standard InChI is InChI=1S/C27H25FN4O3/c1-35-16-15-31(27(34)21-11-8-12-22(28)17-21)19-26(33)29-25-18-24(20-9-4-2-5-10-20)30-32(25)23-13-6-3-7-14-23/h2-14,17-18H,15-16,19H2,1H3,(H,29,33). The second-order valence-corrected chi connectivity index (χ2v) is 7.81. The Hall–Kier alpha value is -4.30. The van der Waals surface area contributed by atoms with Crippen LogP contribution in [0.15, 0.2) is 91.0 Å². The maximum Gasteiger partial charge on any atom is 0.254 e. The van der Waals surface area contributed by atoms with Crippen molar-refractivity contribution in [2.24, 2.45) is 0 Å². The topological polar surface area (TPSA) is 76.5 Å². The van der Waals surface area contributed by atoms with Crippen LogP contribution in [0.3, 0.4) is 0 Å². The van der Waals surface area contributed by atoms with Crippen molar-refractivity contribution in [1.82, 2.24) is 14.7 Å². The summed E-state index contributed by atoms with van der Waals surface area (Å²) >= 11 is 0. The van der Waals surface area contributed by atoms with Gasteiger partial charge in [-0.05, 0) is 30.3 Å². The Kier molecular flexibility index (Phi) is 7.64. The third-order valence-electron chi connectivity index (χ3n) is 5.31.